The van der Waals surface area contributed by atoms with Crippen molar-refractivity contribution in [1.29, 1.82) is 0 Å². The molecule has 0 aliphatic carbocycles. The maximum absolute atomic E-state index is 13.1. The molecule has 7 nitrogen and oxygen atoms in total. The van der Waals surface area contributed by atoms with E-state index in [4.69, 9.17) is 4.98 Å². The first kappa shape index (κ1) is 18.3. The van der Waals surface area contributed by atoms with Crippen LogP contribution in [0.3, 0.4) is 0 Å². The Kier molecular flexibility index (Phi) is 5.14. The summed E-state index contributed by atoms with van der Waals surface area (Å²) >= 11 is 0. The van der Waals surface area contributed by atoms with E-state index in [1.807, 2.05) is 33.8 Å². The lowest BCUT2D eigenvalue weighted by atomic mass is 9.94. The van der Waals surface area contributed by atoms with E-state index < -0.39 is 0 Å². The highest BCUT2D eigenvalue weighted by atomic mass is 16.2. The molecule has 0 bridgehead atoms. The van der Waals surface area contributed by atoms with Gasteiger partial charge in [0.25, 0.3) is 0 Å². The third-order valence-corrected chi connectivity index (χ3v) is 5.35. The first-order valence-electron chi connectivity index (χ1n) is 9.71. The van der Waals surface area contributed by atoms with Crippen molar-refractivity contribution in [2.45, 2.75) is 39.3 Å². The molecular formula is C21H24N6O. The molecular weight excluding hydrogens is 352 g/mol. The number of amides is 1. The van der Waals surface area contributed by atoms with Gasteiger partial charge >= 0.3 is 0 Å². The summed E-state index contributed by atoms with van der Waals surface area (Å²) in [6.45, 7) is 5.60. The molecule has 0 saturated heterocycles. The minimum atomic E-state index is -0.0826. The highest BCUT2D eigenvalue weighted by Gasteiger charge is 2.36. The van der Waals surface area contributed by atoms with Crippen LogP contribution in [0, 0.1) is 5.92 Å². The van der Waals surface area contributed by atoms with E-state index in [2.05, 4.69) is 28.9 Å². The van der Waals surface area contributed by atoms with Crippen LogP contribution < -0.4 is 0 Å². The number of pyridine rings is 2. The van der Waals surface area contributed by atoms with Gasteiger partial charge in [0.1, 0.15) is 0 Å². The third kappa shape index (κ3) is 3.52. The van der Waals surface area contributed by atoms with E-state index in [0.717, 1.165) is 23.4 Å². The van der Waals surface area contributed by atoms with E-state index in [-0.39, 0.29) is 17.9 Å². The summed E-state index contributed by atoms with van der Waals surface area (Å²) in [7, 11) is 0. The van der Waals surface area contributed by atoms with Crippen LogP contribution in [0.1, 0.15) is 37.7 Å². The maximum Gasteiger partial charge on any atom is 0.227 e. The van der Waals surface area contributed by atoms with Crippen molar-refractivity contribution in [3.63, 3.8) is 0 Å². The van der Waals surface area contributed by atoms with Gasteiger partial charge in [-0.05, 0) is 29.7 Å². The van der Waals surface area contributed by atoms with Crippen LogP contribution in [0.5, 0.6) is 0 Å². The second kappa shape index (κ2) is 7.88. The quantitative estimate of drug-likeness (QED) is 0.684. The number of carbonyl (C=O) groups is 1. The van der Waals surface area contributed by atoms with Crippen molar-refractivity contribution < 1.29 is 4.79 Å². The van der Waals surface area contributed by atoms with Crippen molar-refractivity contribution in [3.8, 4) is 11.4 Å². The summed E-state index contributed by atoms with van der Waals surface area (Å²) in [6, 6.07) is 7.56. The Bertz CT molecular complexity index is 940. The summed E-state index contributed by atoms with van der Waals surface area (Å²) in [4.78, 5) is 28.2. The zero-order valence-corrected chi connectivity index (χ0v) is 16.2. The molecule has 0 aromatic carbocycles. The number of rotatable bonds is 5. The SMILES string of the molecule is CC[C@H](C)[C@H]1c2nc(-c3cccnc3)nn2CCN1C(=O)Cc1cccnc1. The van der Waals surface area contributed by atoms with Crippen molar-refractivity contribution >= 4 is 5.91 Å². The maximum atomic E-state index is 13.1. The fourth-order valence-corrected chi connectivity index (χ4v) is 3.68. The van der Waals surface area contributed by atoms with E-state index in [1.54, 1.807) is 24.8 Å². The minimum absolute atomic E-state index is 0.0826. The van der Waals surface area contributed by atoms with E-state index >= 15 is 0 Å². The molecule has 7 heteroatoms. The third-order valence-electron chi connectivity index (χ3n) is 5.35. The van der Waals surface area contributed by atoms with Crippen molar-refractivity contribution in [3.05, 3.63) is 60.4 Å². The lowest BCUT2D eigenvalue weighted by Gasteiger charge is -2.38. The fraction of sp³-hybridized carbons (Fsp3) is 0.381. The lowest BCUT2D eigenvalue weighted by Crippen LogP contribution is -2.45. The van der Waals surface area contributed by atoms with Gasteiger partial charge in [-0.3, -0.25) is 14.8 Å². The number of carbonyl (C=O) groups excluding carboxylic acids is 1. The standard InChI is InChI=1S/C21H24N6O/c1-3-15(2)19-21-24-20(17-7-5-9-23-14-17)25-27(21)11-10-26(19)18(28)12-16-6-4-8-22-13-16/h4-9,13-15,19H,3,10-12H2,1-2H3/t15-,19-/m0/s1. The second-order valence-corrected chi connectivity index (χ2v) is 7.21. The molecule has 4 rings (SSSR count). The smallest absolute Gasteiger partial charge is 0.227 e. The van der Waals surface area contributed by atoms with Crippen LogP contribution in [0.25, 0.3) is 11.4 Å². The Hall–Kier alpha value is -3.09. The monoisotopic (exact) mass is 376 g/mol. The van der Waals surface area contributed by atoms with Gasteiger partial charge in [0.2, 0.25) is 5.91 Å². The lowest BCUT2D eigenvalue weighted by molar-refractivity contribution is -0.135. The van der Waals surface area contributed by atoms with Crippen LogP contribution in [-0.2, 0) is 17.8 Å². The molecule has 28 heavy (non-hydrogen) atoms. The van der Waals surface area contributed by atoms with Gasteiger partial charge in [0, 0.05) is 36.9 Å². The molecule has 0 fully saturated rings. The van der Waals surface area contributed by atoms with Crippen LogP contribution >= 0.6 is 0 Å². The summed E-state index contributed by atoms with van der Waals surface area (Å²) in [5.74, 6) is 1.91. The molecule has 1 amide bonds. The first-order valence-corrected chi connectivity index (χ1v) is 9.71. The van der Waals surface area contributed by atoms with E-state index in [0.29, 0.717) is 25.3 Å². The molecule has 4 heterocycles. The van der Waals surface area contributed by atoms with Gasteiger partial charge in [0.15, 0.2) is 11.6 Å². The molecule has 0 radical (unpaired) electrons. The van der Waals surface area contributed by atoms with Crippen LogP contribution in [0.4, 0.5) is 0 Å². The molecule has 3 aromatic rings. The highest BCUT2D eigenvalue weighted by Crippen LogP contribution is 2.34. The second-order valence-electron chi connectivity index (χ2n) is 7.21. The van der Waals surface area contributed by atoms with Crippen LogP contribution in [0.15, 0.2) is 49.1 Å². The average molecular weight is 376 g/mol. The molecule has 1 aliphatic heterocycles. The molecule has 0 saturated carbocycles. The van der Waals surface area contributed by atoms with Gasteiger partial charge in [-0.2, -0.15) is 5.10 Å². The first-order chi connectivity index (χ1) is 13.7. The Labute approximate surface area is 164 Å². The minimum Gasteiger partial charge on any atom is -0.330 e. The molecule has 3 aromatic heterocycles. The summed E-state index contributed by atoms with van der Waals surface area (Å²) < 4.78 is 1.95. The van der Waals surface area contributed by atoms with Gasteiger partial charge < -0.3 is 4.90 Å². The predicted octanol–water partition coefficient (Wildman–Crippen LogP) is 2.91. The molecule has 144 valence electrons. The topological polar surface area (TPSA) is 76.8 Å². The largest absolute Gasteiger partial charge is 0.330 e. The van der Waals surface area contributed by atoms with E-state index in [9.17, 15) is 4.79 Å². The number of fused-ring (bicyclic) bond motifs is 1. The Morgan fingerprint density at radius 1 is 1.18 bits per heavy atom. The van der Waals surface area contributed by atoms with Gasteiger partial charge in [-0.1, -0.05) is 26.3 Å². The normalized spacial score (nSPS) is 17.2. The van der Waals surface area contributed by atoms with Gasteiger partial charge in [-0.25, -0.2) is 9.67 Å². The number of nitrogens with zero attached hydrogens (tertiary/aromatic N) is 6. The fourth-order valence-electron chi connectivity index (χ4n) is 3.68. The molecule has 1 aliphatic rings. The Balaban J connectivity index is 1.65. The molecule has 0 spiro atoms. The molecule has 2 atom stereocenters. The zero-order valence-electron chi connectivity index (χ0n) is 16.2. The Morgan fingerprint density at radius 2 is 1.96 bits per heavy atom. The van der Waals surface area contributed by atoms with Crippen molar-refractivity contribution in [1.82, 2.24) is 29.6 Å². The van der Waals surface area contributed by atoms with E-state index in [1.165, 1.54) is 0 Å². The summed E-state index contributed by atoms with van der Waals surface area (Å²) in [5, 5.41) is 4.68. The van der Waals surface area contributed by atoms with Crippen molar-refractivity contribution in [2.75, 3.05) is 6.54 Å². The van der Waals surface area contributed by atoms with Gasteiger partial charge in [0.05, 0.1) is 19.0 Å². The molecule has 0 N–H and O–H groups in total. The number of hydrogen-bond donors (Lipinski definition) is 0. The predicted molar refractivity (Wildman–Crippen MR) is 105 cm³/mol. The van der Waals surface area contributed by atoms with Crippen LogP contribution in [-0.4, -0.2) is 42.1 Å². The summed E-state index contributed by atoms with van der Waals surface area (Å²) in [6.07, 6.45) is 8.29. The van der Waals surface area contributed by atoms with Gasteiger partial charge in [-0.15, -0.1) is 0 Å². The number of hydrogen-bond acceptors (Lipinski definition) is 5. The zero-order chi connectivity index (χ0) is 19.5. The number of aromatic nitrogens is 5. The van der Waals surface area contributed by atoms with Crippen molar-refractivity contribution in [2.24, 2.45) is 5.92 Å². The average Bonchev–Trinajstić information content (AvgIpc) is 3.18. The Morgan fingerprint density at radius 3 is 2.64 bits per heavy atom. The molecule has 0 unspecified atom stereocenters. The van der Waals surface area contributed by atoms with Crippen LogP contribution in [0.2, 0.25) is 0 Å². The summed E-state index contributed by atoms with van der Waals surface area (Å²) in [5.41, 5.74) is 1.82. The highest BCUT2D eigenvalue weighted by molar-refractivity contribution is 5.79.